The smallest absolute Gasteiger partial charge is 0.340 e. The topological polar surface area (TPSA) is 68.3 Å². The van der Waals surface area contributed by atoms with Crippen LogP contribution < -0.4 is 5.32 Å². The molecule has 0 radical (unpaired) electrons. The molecule has 1 amide bonds. The molecule has 0 fully saturated rings. The number of para-hydroxylation sites is 1. The standard InChI is InChI=1S/C15H14N2O3.ClH/c1-2-20-15(19)12-7-3-4-8-13(12)17-14(18)11-6-5-9-16-10-11;/h3-10H,2H2,1H3,(H,17,18);1H. The lowest BCUT2D eigenvalue weighted by molar-refractivity contribution is 0.0527. The highest BCUT2D eigenvalue weighted by molar-refractivity contribution is 6.07. The summed E-state index contributed by atoms with van der Waals surface area (Å²) in [6.45, 7) is 2.01. The van der Waals surface area contributed by atoms with E-state index >= 15 is 0 Å². The van der Waals surface area contributed by atoms with E-state index in [4.69, 9.17) is 4.74 Å². The average molecular weight is 307 g/mol. The van der Waals surface area contributed by atoms with Gasteiger partial charge in [-0.2, -0.15) is 0 Å². The average Bonchev–Trinajstić information content (AvgIpc) is 2.49. The third kappa shape index (κ3) is 4.29. The molecule has 1 aromatic carbocycles. The van der Waals surface area contributed by atoms with Crippen LogP contribution in [0.4, 0.5) is 5.69 Å². The van der Waals surface area contributed by atoms with Crippen LogP contribution in [0.25, 0.3) is 0 Å². The van der Waals surface area contributed by atoms with E-state index in [1.54, 1.807) is 49.5 Å². The van der Waals surface area contributed by atoms with Gasteiger partial charge in [-0.1, -0.05) is 12.1 Å². The predicted octanol–water partition coefficient (Wildman–Crippen LogP) is 2.93. The molecule has 2 aromatic rings. The number of halogens is 1. The van der Waals surface area contributed by atoms with Crippen molar-refractivity contribution in [3.8, 4) is 0 Å². The Labute approximate surface area is 128 Å². The Kier molecular flexibility index (Phi) is 6.36. The second-order valence-corrected chi connectivity index (χ2v) is 3.96. The maximum atomic E-state index is 12.0. The first-order valence-electron chi connectivity index (χ1n) is 6.20. The Bertz CT molecular complexity index is 617. The fourth-order valence-corrected chi connectivity index (χ4v) is 1.67. The molecular weight excluding hydrogens is 292 g/mol. The van der Waals surface area contributed by atoms with E-state index in [-0.39, 0.29) is 24.9 Å². The molecule has 0 aliphatic heterocycles. The normalized spacial score (nSPS) is 9.38. The number of anilines is 1. The maximum absolute atomic E-state index is 12.0. The second kappa shape index (κ2) is 8.01. The Hall–Kier alpha value is -2.40. The van der Waals surface area contributed by atoms with Crippen molar-refractivity contribution in [2.75, 3.05) is 11.9 Å². The van der Waals surface area contributed by atoms with Gasteiger partial charge in [-0.05, 0) is 31.2 Å². The molecule has 110 valence electrons. The van der Waals surface area contributed by atoms with Crippen LogP contribution in [0.15, 0.2) is 48.8 Å². The molecule has 0 bridgehead atoms. The van der Waals surface area contributed by atoms with Crippen LogP contribution in [0, 0.1) is 0 Å². The van der Waals surface area contributed by atoms with Gasteiger partial charge in [0.05, 0.1) is 23.4 Å². The Morgan fingerprint density at radius 3 is 2.62 bits per heavy atom. The Morgan fingerprint density at radius 1 is 1.19 bits per heavy atom. The molecule has 0 saturated carbocycles. The number of hydrogen-bond acceptors (Lipinski definition) is 4. The van der Waals surface area contributed by atoms with Crippen molar-refractivity contribution in [1.82, 2.24) is 4.98 Å². The fraction of sp³-hybridized carbons (Fsp3) is 0.133. The molecule has 2 rings (SSSR count). The van der Waals surface area contributed by atoms with Crippen LogP contribution in [0.5, 0.6) is 0 Å². The van der Waals surface area contributed by atoms with Crippen LogP contribution in [0.2, 0.25) is 0 Å². The number of nitrogens with one attached hydrogen (secondary N) is 1. The molecule has 1 N–H and O–H groups in total. The largest absolute Gasteiger partial charge is 0.462 e. The number of esters is 1. The lowest BCUT2D eigenvalue weighted by Gasteiger charge is -2.10. The van der Waals surface area contributed by atoms with Crippen LogP contribution in [-0.2, 0) is 4.74 Å². The minimum Gasteiger partial charge on any atom is -0.462 e. The molecule has 0 atom stereocenters. The number of rotatable bonds is 4. The lowest BCUT2D eigenvalue weighted by atomic mass is 10.1. The van der Waals surface area contributed by atoms with Crippen LogP contribution in [-0.4, -0.2) is 23.5 Å². The van der Waals surface area contributed by atoms with Gasteiger partial charge in [0, 0.05) is 12.4 Å². The molecule has 21 heavy (non-hydrogen) atoms. The first-order chi connectivity index (χ1) is 9.72. The molecule has 5 nitrogen and oxygen atoms in total. The van der Waals surface area contributed by atoms with Gasteiger partial charge in [0.15, 0.2) is 0 Å². The molecule has 1 aromatic heterocycles. The third-order valence-corrected chi connectivity index (χ3v) is 2.59. The van der Waals surface area contributed by atoms with Crippen molar-refractivity contribution < 1.29 is 14.3 Å². The van der Waals surface area contributed by atoms with Crippen molar-refractivity contribution >= 4 is 30.0 Å². The zero-order valence-electron chi connectivity index (χ0n) is 11.4. The zero-order chi connectivity index (χ0) is 14.4. The number of ether oxygens (including phenoxy) is 1. The van der Waals surface area contributed by atoms with Crippen molar-refractivity contribution in [1.29, 1.82) is 0 Å². The number of nitrogens with zero attached hydrogens (tertiary/aromatic N) is 1. The maximum Gasteiger partial charge on any atom is 0.340 e. The number of benzene rings is 1. The molecule has 0 unspecified atom stereocenters. The molecule has 6 heteroatoms. The van der Waals surface area contributed by atoms with Crippen molar-refractivity contribution in [2.45, 2.75) is 6.92 Å². The van der Waals surface area contributed by atoms with Crippen LogP contribution in [0.3, 0.4) is 0 Å². The summed E-state index contributed by atoms with van der Waals surface area (Å²) in [7, 11) is 0. The zero-order valence-corrected chi connectivity index (χ0v) is 12.2. The lowest BCUT2D eigenvalue weighted by Crippen LogP contribution is -2.16. The van der Waals surface area contributed by atoms with Gasteiger partial charge in [0.1, 0.15) is 0 Å². The number of pyridine rings is 1. The van der Waals surface area contributed by atoms with Gasteiger partial charge >= 0.3 is 5.97 Å². The van der Waals surface area contributed by atoms with E-state index in [9.17, 15) is 9.59 Å². The second-order valence-electron chi connectivity index (χ2n) is 3.96. The number of aromatic nitrogens is 1. The van der Waals surface area contributed by atoms with Gasteiger partial charge < -0.3 is 10.1 Å². The summed E-state index contributed by atoms with van der Waals surface area (Å²) in [6, 6.07) is 10.0. The summed E-state index contributed by atoms with van der Waals surface area (Å²) >= 11 is 0. The third-order valence-electron chi connectivity index (χ3n) is 2.59. The van der Waals surface area contributed by atoms with Gasteiger partial charge in [-0.15, -0.1) is 12.4 Å². The summed E-state index contributed by atoms with van der Waals surface area (Å²) in [5.41, 5.74) is 1.16. The van der Waals surface area contributed by atoms with Crippen molar-refractivity contribution in [3.05, 3.63) is 59.9 Å². The first kappa shape index (κ1) is 16.7. The van der Waals surface area contributed by atoms with E-state index in [1.165, 1.54) is 6.20 Å². The summed E-state index contributed by atoms with van der Waals surface area (Å²) < 4.78 is 4.95. The SMILES string of the molecule is CCOC(=O)c1ccccc1NC(=O)c1cccnc1.Cl. The molecule has 0 spiro atoms. The van der Waals surface area contributed by atoms with Crippen LogP contribution in [0.1, 0.15) is 27.6 Å². The van der Waals surface area contributed by atoms with Gasteiger partial charge in [-0.3, -0.25) is 9.78 Å². The number of carbonyl (C=O) groups excluding carboxylic acids is 2. The Morgan fingerprint density at radius 2 is 1.95 bits per heavy atom. The Balaban J connectivity index is 0.00000220. The quantitative estimate of drug-likeness (QED) is 0.882. The molecular formula is C15H15ClN2O3. The minimum atomic E-state index is -0.463. The van der Waals surface area contributed by atoms with E-state index in [0.29, 0.717) is 16.8 Å². The highest BCUT2D eigenvalue weighted by Crippen LogP contribution is 2.17. The summed E-state index contributed by atoms with van der Waals surface area (Å²) in [5.74, 6) is -0.788. The van der Waals surface area contributed by atoms with E-state index in [2.05, 4.69) is 10.3 Å². The van der Waals surface area contributed by atoms with E-state index in [0.717, 1.165) is 0 Å². The first-order valence-corrected chi connectivity index (χ1v) is 6.20. The highest BCUT2D eigenvalue weighted by Gasteiger charge is 2.14. The fourth-order valence-electron chi connectivity index (χ4n) is 1.67. The molecule has 0 saturated heterocycles. The number of amides is 1. The number of carbonyl (C=O) groups is 2. The number of hydrogen-bond donors (Lipinski definition) is 1. The van der Waals surface area contributed by atoms with E-state index < -0.39 is 5.97 Å². The van der Waals surface area contributed by atoms with E-state index in [1.807, 2.05) is 0 Å². The summed E-state index contributed by atoms with van der Waals surface area (Å²) in [5, 5.41) is 2.69. The monoisotopic (exact) mass is 306 g/mol. The van der Waals surface area contributed by atoms with Gasteiger partial charge in [-0.25, -0.2) is 4.79 Å². The van der Waals surface area contributed by atoms with Crippen LogP contribution >= 0.6 is 12.4 Å². The molecule has 1 heterocycles. The highest BCUT2D eigenvalue weighted by atomic mass is 35.5. The van der Waals surface area contributed by atoms with Gasteiger partial charge in [0.25, 0.3) is 5.91 Å². The van der Waals surface area contributed by atoms with Crippen molar-refractivity contribution in [2.24, 2.45) is 0 Å². The van der Waals surface area contributed by atoms with Crippen molar-refractivity contribution in [3.63, 3.8) is 0 Å². The predicted molar refractivity (Wildman–Crippen MR) is 81.8 cm³/mol. The minimum absolute atomic E-state index is 0. The summed E-state index contributed by atoms with van der Waals surface area (Å²) in [4.78, 5) is 27.7. The van der Waals surface area contributed by atoms with Gasteiger partial charge in [0.2, 0.25) is 0 Å². The summed E-state index contributed by atoms with van der Waals surface area (Å²) in [6.07, 6.45) is 3.05. The molecule has 0 aliphatic rings. The molecule has 0 aliphatic carbocycles.